The predicted molar refractivity (Wildman–Crippen MR) is 96.5 cm³/mol. The van der Waals surface area contributed by atoms with Gasteiger partial charge >= 0.3 is 5.97 Å². The molecule has 0 spiro atoms. The van der Waals surface area contributed by atoms with E-state index in [1.807, 2.05) is 29.7 Å². The van der Waals surface area contributed by atoms with Crippen LogP contribution in [0.15, 0.2) is 41.8 Å². The van der Waals surface area contributed by atoms with Crippen LogP contribution in [0.25, 0.3) is 11.3 Å². The number of hydrogen-bond acceptors (Lipinski definition) is 4. The van der Waals surface area contributed by atoms with E-state index in [-0.39, 0.29) is 17.7 Å². The Hall–Kier alpha value is -2.18. The fourth-order valence-corrected chi connectivity index (χ4v) is 4.64. The smallest absolute Gasteiger partial charge is 0.307 e. The van der Waals surface area contributed by atoms with E-state index in [4.69, 9.17) is 11.6 Å². The number of rotatable bonds is 4. The lowest BCUT2D eigenvalue weighted by molar-refractivity contribution is -0.146. The number of carboxylic acid groups (broad SMARTS) is 1. The minimum absolute atomic E-state index is 0.00166. The van der Waals surface area contributed by atoms with Crippen LogP contribution in [-0.4, -0.2) is 22.0 Å². The Labute approximate surface area is 153 Å². The minimum Gasteiger partial charge on any atom is -0.481 e. The third-order valence-electron chi connectivity index (χ3n) is 4.92. The van der Waals surface area contributed by atoms with Gasteiger partial charge in [0.25, 0.3) is 0 Å². The van der Waals surface area contributed by atoms with Crippen molar-refractivity contribution in [2.45, 2.75) is 6.42 Å². The van der Waals surface area contributed by atoms with Crippen molar-refractivity contribution in [3.8, 4) is 11.3 Å². The van der Waals surface area contributed by atoms with E-state index in [1.54, 1.807) is 12.1 Å². The predicted octanol–water partition coefficient (Wildman–Crippen LogP) is 3.92. The van der Waals surface area contributed by atoms with Crippen molar-refractivity contribution < 1.29 is 14.7 Å². The third kappa shape index (κ3) is 2.96. The van der Waals surface area contributed by atoms with Gasteiger partial charge in [-0.3, -0.25) is 9.59 Å². The molecular weight excluding hydrogens is 360 g/mol. The lowest BCUT2D eigenvalue weighted by atomic mass is 9.82. The van der Waals surface area contributed by atoms with Crippen LogP contribution >= 0.6 is 22.9 Å². The average molecular weight is 375 g/mol. The molecule has 2 aliphatic carbocycles. The summed E-state index contributed by atoms with van der Waals surface area (Å²) in [5.41, 5.74) is 1.66. The van der Waals surface area contributed by atoms with Crippen LogP contribution in [0.1, 0.15) is 6.42 Å². The van der Waals surface area contributed by atoms with Crippen molar-refractivity contribution in [3.05, 3.63) is 46.8 Å². The number of thiazole rings is 1. The topological polar surface area (TPSA) is 79.3 Å². The number of hydrogen-bond donors (Lipinski definition) is 2. The number of nitrogens with one attached hydrogen (secondary N) is 1. The summed E-state index contributed by atoms with van der Waals surface area (Å²) in [5, 5.41) is 15.2. The van der Waals surface area contributed by atoms with E-state index in [1.165, 1.54) is 11.3 Å². The highest BCUT2D eigenvalue weighted by molar-refractivity contribution is 7.14. The van der Waals surface area contributed by atoms with E-state index in [0.29, 0.717) is 10.2 Å². The van der Waals surface area contributed by atoms with Gasteiger partial charge in [-0.2, -0.15) is 0 Å². The minimum atomic E-state index is -0.905. The van der Waals surface area contributed by atoms with E-state index in [9.17, 15) is 14.7 Å². The highest BCUT2D eigenvalue weighted by Gasteiger charge is 2.51. The first-order valence-corrected chi connectivity index (χ1v) is 9.22. The molecule has 1 saturated carbocycles. The molecule has 1 amide bonds. The Morgan fingerprint density at radius 2 is 1.84 bits per heavy atom. The van der Waals surface area contributed by atoms with Crippen molar-refractivity contribution in [1.29, 1.82) is 0 Å². The number of carbonyl (C=O) groups excluding carboxylic acids is 1. The average Bonchev–Trinajstić information content (AvgIpc) is 3.30. The number of nitrogens with zero attached hydrogens (tertiary/aromatic N) is 1. The first-order chi connectivity index (χ1) is 12.0. The highest BCUT2D eigenvalue weighted by Crippen LogP contribution is 2.48. The molecule has 2 bridgehead atoms. The molecule has 1 aromatic heterocycles. The lowest BCUT2D eigenvalue weighted by Gasteiger charge is -2.23. The van der Waals surface area contributed by atoms with Gasteiger partial charge in [-0.1, -0.05) is 35.9 Å². The second kappa shape index (κ2) is 6.28. The molecule has 5 nitrogen and oxygen atoms in total. The largest absolute Gasteiger partial charge is 0.481 e. The summed E-state index contributed by atoms with van der Waals surface area (Å²) in [7, 11) is 0. The fraction of sp³-hybridized carbons (Fsp3) is 0.278. The molecule has 4 atom stereocenters. The van der Waals surface area contributed by atoms with Gasteiger partial charge in [0.15, 0.2) is 5.13 Å². The van der Waals surface area contributed by atoms with Crippen molar-refractivity contribution in [3.63, 3.8) is 0 Å². The van der Waals surface area contributed by atoms with Gasteiger partial charge in [0.2, 0.25) is 5.91 Å². The van der Waals surface area contributed by atoms with Gasteiger partial charge in [0.05, 0.1) is 17.5 Å². The standard InChI is InChI=1S/C18H15ClN2O3S/c19-12-5-3-9(4-6-12)13-8-25-18(20-13)21-16(22)14-10-1-2-11(7-10)15(14)17(23)24/h1-6,8,10-11,14-15H,7H2,(H,23,24)(H,20,21,22). The molecule has 128 valence electrons. The fourth-order valence-electron chi connectivity index (χ4n) is 3.79. The van der Waals surface area contributed by atoms with E-state index < -0.39 is 17.8 Å². The zero-order chi connectivity index (χ0) is 17.6. The molecule has 4 unspecified atom stereocenters. The maximum atomic E-state index is 12.7. The van der Waals surface area contributed by atoms with E-state index in [2.05, 4.69) is 10.3 Å². The first kappa shape index (κ1) is 16.3. The van der Waals surface area contributed by atoms with Crippen LogP contribution in [0.4, 0.5) is 5.13 Å². The van der Waals surface area contributed by atoms with Gasteiger partial charge in [-0.05, 0) is 30.4 Å². The molecule has 4 rings (SSSR count). The molecule has 7 heteroatoms. The Kier molecular flexibility index (Phi) is 4.09. The van der Waals surface area contributed by atoms with Crippen LogP contribution in [0, 0.1) is 23.7 Å². The third-order valence-corrected chi connectivity index (χ3v) is 5.93. The highest BCUT2D eigenvalue weighted by atomic mass is 35.5. The molecule has 2 aromatic rings. The number of amides is 1. The Bertz CT molecular complexity index is 861. The SMILES string of the molecule is O=C(O)C1C2C=CC(C2)C1C(=O)Nc1nc(-c2ccc(Cl)cc2)cs1. The second-order valence-corrected chi connectivity index (χ2v) is 7.67. The number of anilines is 1. The number of fused-ring (bicyclic) bond motifs is 2. The molecule has 2 N–H and O–H groups in total. The lowest BCUT2D eigenvalue weighted by Crippen LogP contribution is -2.36. The maximum Gasteiger partial charge on any atom is 0.307 e. The second-order valence-electron chi connectivity index (χ2n) is 6.37. The number of halogens is 1. The van der Waals surface area contributed by atoms with Gasteiger partial charge < -0.3 is 10.4 Å². The molecule has 1 heterocycles. The van der Waals surface area contributed by atoms with Crippen LogP contribution in [0.5, 0.6) is 0 Å². The molecule has 2 aliphatic rings. The molecular formula is C18H15ClN2O3S. The zero-order valence-corrected chi connectivity index (χ0v) is 14.6. The van der Waals surface area contributed by atoms with E-state index in [0.717, 1.165) is 17.7 Å². The summed E-state index contributed by atoms with van der Waals surface area (Å²) in [6, 6.07) is 7.30. The Morgan fingerprint density at radius 1 is 1.16 bits per heavy atom. The summed E-state index contributed by atoms with van der Waals surface area (Å²) in [5.74, 6) is -2.39. The molecule has 1 aromatic carbocycles. The van der Waals surface area contributed by atoms with Crippen molar-refractivity contribution in [2.24, 2.45) is 23.7 Å². The van der Waals surface area contributed by atoms with Gasteiger partial charge in [0, 0.05) is 16.0 Å². The quantitative estimate of drug-likeness (QED) is 0.795. The number of carbonyl (C=O) groups is 2. The molecule has 0 radical (unpaired) electrons. The normalized spacial score (nSPS) is 26.8. The van der Waals surface area contributed by atoms with E-state index >= 15 is 0 Å². The zero-order valence-electron chi connectivity index (χ0n) is 13.1. The Morgan fingerprint density at radius 3 is 2.52 bits per heavy atom. The number of benzene rings is 1. The maximum absolute atomic E-state index is 12.7. The number of aliphatic carboxylic acids is 1. The number of allylic oxidation sites excluding steroid dienone is 2. The molecule has 1 fully saturated rings. The Balaban J connectivity index is 1.51. The summed E-state index contributed by atoms with van der Waals surface area (Å²) >= 11 is 7.21. The molecule has 0 aliphatic heterocycles. The van der Waals surface area contributed by atoms with Gasteiger partial charge in [-0.15, -0.1) is 11.3 Å². The van der Waals surface area contributed by atoms with Crippen molar-refractivity contribution >= 4 is 39.9 Å². The first-order valence-electron chi connectivity index (χ1n) is 7.96. The van der Waals surface area contributed by atoms with Gasteiger partial charge in [-0.25, -0.2) is 4.98 Å². The van der Waals surface area contributed by atoms with Gasteiger partial charge in [0.1, 0.15) is 0 Å². The van der Waals surface area contributed by atoms with Crippen LogP contribution in [0.2, 0.25) is 5.02 Å². The number of aromatic nitrogens is 1. The molecule has 25 heavy (non-hydrogen) atoms. The van der Waals surface area contributed by atoms with Crippen LogP contribution < -0.4 is 5.32 Å². The molecule has 0 saturated heterocycles. The summed E-state index contributed by atoms with van der Waals surface area (Å²) < 4.78 is 0. The van der Waals surface area contributed by atoms with Crippen molar-refractivity contribution in [1.82, 2.24) is 4.98 Å². The van der Waals surface area contributed by atoms with Crippen molar-refractivity contribution in [2.75, 3.05) is 5.32 Å². The van der Waals surface area contributed by atoms with Crippen LogP contribution in [0.3, 0.4) is 0 Å². The monoisotopic (exact) mass is 374 g/mol. The number of carboxylic acids is 1. The van der Waals surface area contributed by atoms with Crippen LogP contribution in [-0.2, 0) is 9.59 Å². The summed E-state index contributed by atoms with van der Waals surface area (Å²) in [4.78, 5) is 28.6. The summed E-state index contributed by atoms with van der Waals surface area (Å²) in [6.07, 6.45) is 4.63. The summed E-state index contributed by atoms with van der Waals surface area (Å²) in [6.45, 7) is 0.